The molecule has 0 aliphatic heterocycles. The van der Waals surface area contributed by atoms with Gasteiger partial charge in [0.2, 0.25) is 0 Å². The zero-order valence-corrected chi connectivity index (χ0v) is 12.2. The molecule has 1 aromatic carbocycles. The van der Waals surface area contributed by atoms with Crippen LogP contribution in [0.2, 0.25) is 0 Å². The summed E-state index contributed by atoms with van der Waals surface area (Å²) in [5, 5.41) is 3.42. The molecule has 0 bridgehead atoms. The van der Waals surface area contributed by atoms with Crippen molar-refractivity contribution in [2.75, 3.05) is 13.7 Å². The fourth-order valence-electron chi connectivity index (χ4n) is 2.42. The molecule has 18 heavy (non-hydrogen) atoms. The van der Waals surface area contributed by atoms with Gasteiger partial charge in [0.25, 0.3) is 0 Å². The molecule has 0 aromatic heterocycles. The third kappa shape index (κ3) is 4.69. The molecule has 0 aliphatic rings. The summed E-state index contributed by atoms with van der Waals surface area (Å²) in [4.78, 5) is 0. The van der Waals surface area contributed by atoms with Crippen LogP contribution in [0.4, 0.5) is 0 Å². The van der Waals surface area contributed by atoms with E-state index in [2.05, 4.69) is 37.4 Å². The number of hydrogen-bond acceptors (Lipinski definition) is 2. The summed E-state index contributed by atoms with van der Waals surface area (Å²) in [5.41, 5.74) is 1.33. The van der Waals surface area contributed by atoms with Gasteiger partial charge >= 0.3 is 0 Å². The standard InChI is InChI=1S/C16H27NO/c1-5-8-13(3)11-16(17-4)14-9-7-10-15(12-14)18-6-2/h7,9-10,12-13,16-17H,5-6,8,11H2,1-4H3. The smallest absolute Gasteiger partial charge is 0.119 e. The van der Waals surface area contributed by atoms with Gasteiger partial charge in [-0.1, -0.05) is 38.8 Å². The number of hydrogen-bond donors (Lipinski definition) is 1. The number of benzene rings is 1. The third-order valence-corrected chi connectivity index (χ3v) is 3.34. The Morgan fingerprint density at radius 2 is 2.06 bits per heavy atom. The van der Waals surface area contributed by atoms with Crippen LogP contribution in [-0.2, 0) is 0 Å². The molecule has 0 aliphatic carbocycles. The average Bonchev–Trinajstić information content (AvgIpc) is 2.37. The minimum Gasteiger partial charge on any atom is -0.494 e. The average molecular weight is 249 g/mol. The molecule has 2 atom stereocenters. The van der Waals surface area contributed by atoms with Gasteiger partial charge in [0.05, 0.1) is 6.61 Å². The molecule has 0 heterocycles. The predicted octanol–water partition coefficient (Wildman–Crippen LogP) is 4.17. The first-order valence-corrected chi connectivity index (χ1v) is 7.11. The lowest BCUT2D eigenvalue weighted by Gasteiger charge is -2.21. The van der Waals surface area contributed by atoms with Crippen LogP contribution in [0.1, 0.15) is 51.6 Å². The summed E-state index contributed by atoms with van der Waals surface area (Å²) in [6.07, 6.45) is 3.74. The molecule has 2 unspecified atom stereocenters. The van der Waals surface area contributed by atoms with Crippen LogP contribution in [-0.4, -0.2) is 13.7 Å². The number of rotatable bonds is 8. The Hall–Kier alpha value is -1.02. The molecule has 1 rings (SSSR count). The summed E-state index contributed by atoms with van der Waals surface area (Å²) in [7, 11) is 2.04. The van der Waals surface area contributed by atoms with Crippen LogP contribution in [0.5, 0.6) is 5.75 Å². The van der Waals surface area contributed by atoms with E-state index in [4.69, 9.17) is 4.74 Å². The van der Waals surface area contributed by atoms with Crippen molar-refractivity contribution < 1.29 is 4.74 Å². The lowest BCUT2D eigenvalue weighted by molar-refractivity contribution is 0.338. The van der Waals surface area contributed by atoms with Crippen molar-refractivity contribution in [2.24, 2.45) is 5.92 Å². The molecule has 2 heteroatoms. The summed E-state index contributed by atoms with van der Waals surface area (Å²) < 4.78 is 5.57. The normalized spacial score (nSPS) is 14.2. The first-order chi connectivity index (χ1) is 8.71. The highest BCUT2D eigenvalue weighted by atomic mass is 16.5. The zero-order valence-electron chi connectivity index (χ0n) is 12.2. The van der Waals surface area contributed by atoms with Gasteiger partial charge in [-0.3, -0.25) is 0 Å². The Balaban J connectivity index is 2.71. The number of ether oxygens (including phenoxy) is 1. The Morgan fingerprint density at radius 3 is 2.67 bits per heavy atom. The summed E-state index contributed by atoms with van der Waals surface area (Å²) in [5.74, 6) is 1.72. The maximum absolute atomic E-state index is 5.57. The van der Waals surface area contributed by atoms with Crippen LogP contribution in [0.25, 0.3) is 0 Å². The molecule has 102 valence electrons. The first-order valence-electron chi connectivity index (χ1n) is 7.11. The molecule has 0 saturated carbocycles. The molecule has 0 radical (unpaired) electrons. The van der Waals surface area contributed by atoms with Crippen molar-refractivity contribution in [3.63, 3.8) is 0 Å². The Bertz CT molecular complexity index is 338. The topological polar surface area (TPSA) is 21.3 Å². The van der Waals surface area contributed by atoms with Crippen LogP contribution in [0.15, 0.2) is 24.3 Å². The molecule has 2 nitrogen and oxygen atoms in total. The van der Waals surface area contributed by atoms with E-state index in [1.807, 2.05) is 20.0 Å². The highest BCUT2D eigenvalue weighted by Gasteiger charge is 2.13. The van der Waals surface area contributed by atoms with Crippen molar-refractivity contribution in [1.29, 1.82) is 0 Å². The molecular formula is C16H27NO. The lowest BCUT2D eigenvalue weighted by Crippen LogP contribution is -2.19. The van der Waals surface area contributed by atoms with Crippen LogP contribution in [0, 0.1) is 5.92 Å². The van der Waals surface area contributed by atoms with E-state index in [9.17, 15) is 0 Å². The highest BCUT2D eigenvalue weighted by Crippen LogP contribution is 2.26. The molecule has 0 fully saturated rings. The molecule has 1 N–H and O–H groups in total. The van der Waals surface area contributed by atoms with Crippen LogP contribution < -0.4 is 10.1 Å². The van der Waals surface area contributed by atoms with E-state index < -0.39 is 0 Å². The van der Waals surface area contributed by atoms with E-state index in [1.165, 1.54) is 24.8 Å². The van der Waals surface area contributed by atoms with Gasteiger partial charge in [0.1, 0.15) is 5.75 Å². The van der Waals surface area contributed by atoms with E-state index in [0.29, 0.717) is 6.04 Å². The van der Waals surface area contributed by atoms with Gasteiger partial charge in [0, 0.05) is 6.04 Å². The second-order valence-corrected chi connectivity index (χ2v) is 4.98. The lowest BCUT2D eigenvalue weighted by atomic mass is 9.93. The van der Waals surface area contributed by atoms with Crippen LogP contribution >= 0.6 is 0 Å². The molecule has 0 amide bonds. The van der Waals surface area contributed by atoms with Crippen molar-refractivity contribution in [2.45, 2.75) is 46.1 Å². The summed E-state index contributed by atoms with van der Waals surface area (Å²) >= 11 is 0. The molecule has 1 aromatic rings. The largest absolute Gasteiger partial charge is 0.494 e. The monoisotopic (exact) mass is 249 g/mol. The Morgan fingerprint density at radius 1 is 1.28 bits per heavy atom. The van der Waals surface area contributed by atoms with Gasteiger partial charge in [-0.05, 0) is 44.0 Å². The van der Waals surface area contributed by atoms with Crippen molar-refractivity contribution in [3.8, 4) is 5.75 Å². The fourth-order valence-corrected chi connectivity index (χ4v) is 2.42. The molecule has 0 saturated heterocycles. The van der Waals surface area contributed by atoms with Crippen LogP contribution in [0.3, 0.4) is 0 Å². The van der Waals surface area contributed by atoms with E-state index in [0.717, 1.165) is 18.3 Å². The maximum Gasteiger partial charge on any atom is 0.119 e. The third-order valence-electron chi connectivity index (χ3n) is 3.34. The van der Waals surface area contributed by atoms with Crippen molar-refractivity contribution in [3.05, 3.63) is 29.8 Å². The second-order valence-electron chi connectivity index (χ2n) is 4.98. The van der Waals surface area contributed by atoms with Gasteiger partial charge in [0.15, 0.2) is 0 Å². The van der Waals surface area contributed by atoms with E-state index >= 15 is 0 Å². The minimum absolute atomic E-state index is 0.423. The Labute approximate surface area is 112 Å². The molecule has 0 spiro atoms. The Kier molecular flexibility index (Phi) is 6.81. The van der Waals surface area contributed by atoms with E-state index in [-0.39, 0.29) is 0 Å². The minimum atomic E-state index is 0.423. The van der Waals surface area contributed by atoms with Gasteiger partial charge in [-0.15, -0.1) is 0 Å². The summed E-state index contributed by atoms with van der Waals surface area (Å²) in [6, 6.07) is 8.86. The van der Waals surface area contributed by atoms with Gasteiger partial charge < -0.3 is 10.1 Å². The van der Waals surface area contributed by atoms with Gasteiger partial charge in [-0.2, -0.15) is 0 Å². The fraction of sp³-hybridized carbons (Fsp3) is 0.625. The summed E-state index contributed by atoms with van der Waals surface area (Å²) in [6.45, 7) is 7.33. The zero-order chi connectivity index (χ0) is 13.4. The van der Waals surface area contributed by atoms with Crippen molar-refractivity contribution >= 4 is 0 Å². The number of nitrogens with one attached hydrogen (secondary N) is 1. The highest BCUT2D eigenvalue weighted by molar-refractivity contribution is 5.30. The van der Waals surface area contributed by atoms with Crippen molar-refractivity contribution in [1.82, 2.24) is 5.32 Å². The molecular weight excluding hydrogens is 222 g/mol. The first kappa shape index (κ1) is 15.0. The predicted molar refractivity (Wildman–Crippen MR) is 78.1 cm³/mol. The SMILES string of the molecule is CCCC(C)CC(NC)c1cccc(OCC)c1. The van der Waals surface area contributed by atoms with Gasteiger partial charge in [-0.25, -0.2) is 0 Å². The van der Waals surface area contributed by atoms with E-state index in [1.54, 1.807) is 0 Å². The second kappa shape index (κ2) is 8.15. The quantitative estimate of drug-likeness (QED) is 0.746. The maximum atomic E-state index is 5.57.